The van der Waals surface area contributed by atoms with E-state index in [0.29, 0.717) is 24.4 Å². The number of likely N-dealkylation sites (tertiary alicyclic amines) is 1. The van der Waals surface area contributed by atoms with Crippen molar-refractivity contribution < 1.29 is 4.79 Å². The van der Waals surface area contributed by atoms with E-state index in [2.05, 4.69) is 30.2 Å². The SMILES string of the molecule is CN(C)[C@@H]1CN(C(=O)c2ncnc3[nH]ccc23)C[C@@H]1n1ccnn1. The zero-order valence-electron chi connectivity index (χ0n) is 13.5. The number of H-pyrrole nitrogens is 1. The van der Waals surface area contributed by atoms with Crippen molar-refractivity contribution in [1.29, 1.82) is 0 Å². The molecule has 1 aliphatic rings. The lowest BCUT2D eigenvalue weighted by molar-refractivity contribution is 0.0777. The zero-order valence-corrected chi connectivity index (χ0v) is 13.5. The maximum atomic E-state index is 13.0. The Hall–Kier alpha value is -2.81. The Morgan fingerprint density at radius 2 is 2.21 bits per heavy atom. The molecule has 4 heterocycles. The number of aromatic amines is 1. The molecule has 0 spiro atoms. The largest absolute Gasteiger partial charge is 0.346 e. The van der Waals surface area contributed by atoms with Crippen LogP contribution in [-0.4, -0.2) is 78.9 Å². The Morgan fingerprint density at radius 1 is 1.33 bits per heavy atom. The quantitative estimate of drug-likeness (QED) is 0.737. The molecular formula is C15H18N8O. The maximum absolute atomic E-state index is 13.0. The summed E-state index contributed by atoms with van der Waals surface area (Å²) in [5.74, 6) is -0.0866. The smallest absolute Gasteiger partial charge is 0.273 e. The van der Waals surface area contributed by atoms with Crippen molar-refractivity contribution in [3.8, 4) is 0 Å². The lowest BCUT2D eigenvalue weighted by Crippen LogP contribution is -2.37. The van der Waals surface area contributed by atoms with E-state index in [1.807, 2.05) is 35.9 Å². The summed E-state index contributed by atoms with van der Waals surface area (Å²) in [6, 6.07) is 2.06. The molecule has 3 aromatic heterocycles. The average Bonchev–Trinajstić information content (AvgIpc) is 3.31. The number of nitrogens with zero attached hydrogens (tertiary/aromatic N) is 7. The third-order valence-corrected chi connectivity index (χ3v) is 4.55. The first-order valence-electron chi connectivity index (χ1n) is 7.74. The Balaban J connectivity index is 1.65. The standard InChI is InChI=1S/C15H18N8O/c1-21(2)11-7-22(8-12(11)23-6-5-19-20-23)15(24)13-10-3-4-16-14(10)18-9-17-13/h3-6,9,11-12H,7-8H2,1-2H3,(H,16,17,18)/t11-,12+/m1/s1. The number of rotatable bonds is 3. The molecule has 1 fully saturated rings. The van der Waals surface area contributed by atoms with E-state index in [1.54, 1.807) is 12.4 Å². The average molecular weight is 326 g/mol. The number of nitrogens with one attached hydrogen (secondary N) is 1. The van der Waals surface area contributed by atoms with Crippen LogP contribution in [0.3, 0.4) is 0 Å². The summed E-state index contributed by atoms with van der Waals surface area (Å²) in [5, 5.41) is 8.74. The van der Waals surface area contributed by atoms with Gasteiger partial charge >= 0.3 is 0 Å². The highest BCUT2D eigenvalue weighted by Crippen LogP contribution is 2.26. The first kappa shape index (κ1) is 14.8. The van der Waals surface area contributed by atoms with Crippen molar-refractivity contribution in [2.75, 3.05) is 27.2 Å². The fourth-order valence-electron chi connectivity index (χ4n) is 3.29. The third kappa shape index (κ3) is 2.33. The molecule has 4 rings (SSSR count). The van der Waals surface area contributed by atoms with Crippen LogP contribution in [0.5, 0.6) is 0 Å². The summed E-state index contributed by atoms with van der Waals surface area (Å²) in [4.78, 5) is 28.3. The summed E-state index contributed by atoms with van der Waals surface area (Å²) in [7, 11) is 4.02. The lowest BCUT2D eigenvalue weighted by atomic mass is 10.1. The van der Waals surface area contributed by atoms with Gasteiger partial charge in [0, 0.05) is 25.5 Å². The van der Waals surface area contributed by atoms with Crippen LogP contribution in [-0.2, 0) is 0 Å². The van der Waals surface area contributed by atoms with Gasteiger partial charge in [-0.3, -0.25) is 4.79 Å². The molecule has 2 atom stereocenters. The number of carbonyl (C=O) groups is 1. The van der Waals surface area contributed by atoms with E-state index < -0.39 is 0 Å². The Kier molecular flexibility index (Phi) is 3.49. The van der Waals surface area contributed by atoms with Gasteiger partial charge < -0.3 is 14.8 Å². The van der Waals surface area contributed by atoms with Crippen LogP contribution in [0.1, 0.15) is 16.5 Å². The van der Waals surface area contributed by atoms with Crippen LogP contribution in [0.2, 0.25) is 0 Å². The summed E-state index contributed by atoms with van der Waals surface area (Å²) in [6.45, 7) is 1.19. The van der Waals surface area contributed by atoms with Gasteiger partial charge in [-0.2, -0.15) is 0 Å². The van der Waals surface area contributed by atoms with E-state index >= 15 is 0 Å². The molecule has 1 saturated heterocycles. The highest BCUT2D eigenvalue weighted by Gasteiger charge is 2.39. The minimum atomic E-state index is -0.0866. The molecule has 3 aromatic rings. The van der Waals surface area contributed by atoms with Crippen molar-refractivity contribution in [2.24, 2.45) is 0 Å². The van der Waals surface area contributed by atoms with Crippen molar-refractivity contribution in [3.05, 3.63) is 36.7 Å². The number of likely N-dealkylation sites (N-methyl/N-ethyl adjacent to an activating group) is 1. The number of fused-ring (bicyclic) bond motifs is 1. The summed E-state index contributed by atoms with van der Waals surface area (Å²) in [6.07, 6.45) is 6.68. The van der Waals surface area contributed by atoms with Crippen molar-refractivity contribution in [1.82, 2.24) is 39.7 Å². The van der Waals surface area contributed by atoms with Gasteiger partial charge in [-0.25, -0.2) is 14.6 Å². The molecular weight excluding hydrogens is 308 g/mol. The molecule has 0 unspecified atom stereocenters. The van der Waals surface area contributed by atoms with Crippen molar-refractivity contribution >= 4 is 16.9 Å². The monoisotopic (exact) mass is 326 g/mol. The van der Waals surface area contributed by atoms with Crippen LogP contribution in [0, 0.1) is 0 Å². The molecule has 9 nitrogen and oxygen atoms in total. The minimum Gasteiger partial charge on any atom is -0.346 e. The fourth-order valence-corrected chi connectivity index (χ4v) is 3.29. The highest BCUT2D eigenvalue weighted by molar-refractivity contribution is 6.03. The number of amides is 1. The molecule has 0 saturated carbocycles. The van der Waals surface area contributed by atoms with Crippen LogP contribution in [0.15, 0.2) is 31.0 Å². The summed E-state index contributed by atoms with van der Waals surface area (Å²) in [5.41, 5.74) is 1.10. The number of aromatic nitrogens is 6. The Morgan fingerprint density at radius 3 is 2.96 bits per heavy atom. The first-order chi connectivity index (χ1) is 11.6. The molecule has 1 amide bonds. The van der Waals surface area contributed by atoms with E-state index in [4.69, 9.17) is 0 Å². The minimum absolute atomic E-state index is 0.0648. The zero-order chi connectivity index (χ0) is 16.7. The van der Waals surface area contributed by atoms with Gasteiger partial charge in [0.1, 0.15) is 17.7 Å². The third-order valence-electron chi connectivity index (χ3n) is 4.55. The van der Waals surface area contributed by atoms with Crippen LogP contribution < -0.4 is 0 Å². The second kappa shape index (κ2) is 5.68. The fraction of sp³-hybridized carbons (Fsp3) is 0.400. The second-order valence-corrected chi connectivity index (χ2v) is 6.15. The van der Waals surface area contributed by atoms with Crippen LogP contribution in [0.4, 0.5) is 0 Å². The highest BCUT2D eigenvalue weighted by atomic mass is 16.2. The van der Waals surface area contributed by atoms with Gasteiger partial charge in [-0.05, 0) is 20.2 Å². The molecule has 0 radical (unpaired) electrons. The van der Waals surface area contributed by atoms with Gasteiger partial charge in [0.25, 0.3) is 5.91 Å². The topological polar surface area (TPSA) is 95.8 Å². The number of hydrogen-bond acceptors (Lipinski definition) is 6. The van der Waals surface area contributed by atoms with Gasteiger partial charge in [0.2, 0.25) is 0 Å². The Labute approximate surface area is 138 Å². The molecule has 0 aromatic carbocycles. The molecule has 124 valence electrons. The Bertz CT molecular complexity index is 855. The number of carbonyl (C=O) groups excluding carboxylic acids is 1. The van der Waals surface area contributed by atoms with E-state index in [1.165, 1.54) is 6.33 Å². The molecule has 0 bridgehead atoms. The van der Waals surface area contributed by atoms with Gasteiger partial charge in [-0.1, -0.05) is 5.21 Å². The van der Waals surface area contributed by atoms with Gasteiger partial charge in [0.15, 0.2) is 0 Å². The van der Waals surface area contributed by atoms with Crippen LogP contribution in [0.25, 0.3) is 11.0 Å². The lowest BCUT2D eigenvalue weighted by Gasteiger charge is -2.24. The van der Waals surface area contributed by atoms with Crippen molar-refractivity contribution in [2.45, 2.75) is 12.1 Å². The maximum Gasteiger partial charge on any atom is 0.273 e. The van der Waals surface area contributed by atoms with E-state index in [-0.39, 0.29) is 18.0 Å². The van der Waals surface area contributed by atoms with Gasteiger partial charge in [-0.15, -0.1) is 5.10 Å². The van der Waals surface area contributed by atoms with Gasteiger partial charge in [0.05, 0.1) is 23.7 Å². The second-order valence-electron chi connectivity index (χ2n) is 6.15. The van der Waals surface area contributed by atoms with E-state index in [9.17, 15) is 4.79 Å². The molecule has 24 heavy (non-hydrogen) atoms. The van der Waals surface area contributed by atoms with Crippen LogP contribution >= 0.6 is 0 Å². The molecule has 0 aliphatic carbocycles. The molecule has 1 aliphatic heterocycles. The summed E-state index contributed by atoms with van der Waals surface area (Å²) < 4.78 is 1.82. The predicted octanol–water partition coefficient (Wildman–Crippen LogP) is 0.177. The predicted molar refractivity (Wildman–Crippen MR) is 86.3 cm³/mol. The van der Waals surface area contributed by atoms with Crippen molar-refractivity contribution in [3.63, 3.8) is 0 Å². The van der Waals surface area contributed by atoms with E-state index in [0.717, 1.165) is 5.39 Å². The summed E-state index contributed by atoms with van der Waals surface area (Å²) >= 11 is 0. The first-order valence-corrected chi connectivity index (χ1v) is 7.74. The molecule has 1 N–H and O–H groups in total. The normalized spacial score (nSPS) is 21.0. The number of hydrogen-bond donors (Lipinski definition) is 1. The molecule has 9 heteroatoms.